The van der Waals surface area contributed by atoms with E-state index in [1.54, 1.807) is 0 Å². The molecule has 3 rings (SSSR count). The molecule has 0 atom stereocenters. The number of rotatable bonds is 9. The number of thiocarbonyl (C=S) groups is 1. The maximum Gasteiger partial charge on any atom is 0.0739 e. The Morgan fingerprint density at radius 3 is 2.11 bits per heavy atom. The Morgan fingerprint density at radius 1 is 0.857 bits per heavy atom. The van der Waals surface area contributed by atoms with Gasteiger partial charge in [-0.25, -0.2) is 0 Å². The second-order valence-corrected chi connectivity index (χ2v) is 8.51. The van der Waals surface area contributed by atoms with Crippen LogP contribution in [-0.4, -0.2) is 5.16 Å². The van der Waals surface area contributed by atoms with Gasteiger partial charge in [0.15, 0.2) is 0 Å². The van der Waals surface area contributed by atoms with Crippen LogP contribution in [0.5, 0.6) is 0 Å². The van der Waals surface area contributed by atoms with Gasteiger partial charge in [0.1, 0.15) is 0 Å². The molecule has 0 spiro atoms. The number of unbranched alkanes of at least 4 members (excludes halogenated alkanes) is 2. The van der Waals surface area contributed by atoms with E-state index in [-0.39, 0.29) is 0 Å². The molecule has 2 aromatic rings. The molecule has 0 aromatic heterocycles. The maximum atomic E-state index is 4.68. The van der Waals surface area contributed by atoms with Gasteiger partial charge < -0.3 is 0 Å². The molecule has 28 heavy (non-hydrogen) atoms. The zero-order chi connectivity index (χ0) is 19.6. The van der Waals surface area contributed by atoms with E-state index in [1.165, 1.54) is 80.9 Å². The van der Waals surface area contributed by atoms with Crippen LogP contribution in [0.15, 0.2) is 53.5 Å². The lowest BCUT2D eigenvalue weighted by Crippen LogP contribution is -2.14. The molecule has 148 valence electrons. The smallest absolute Gasteiger partial charge is 0.0739 e. The SMILES string of the molecule is CCCCCc1ccc(CCC2CCC(c3ccc(N=C=S)cc3)CC2)cc1. The lowest BCUT2D eigenvalue weighted by molar-refractivity contribution is 0.310. The summed E-state index contributed by atoms with van der Waals surface area (Å²) in [5.74, 6) is 1.60. The lowest BCUT2D eigenvalue weighted by atomic mass is 9.77. The molecule has 1 nitrogen and oxygen atoms in total. The van der Waals surface area contributed by atoms with Gasteiger partial charge in [-0.3, -0.25) is 0 Å². The van der Waals surface area contributed by atoms with Crippen LogP contribution in [0.25, 0.3) is 0 Å². The average Bonchev–Trinajstić information content (AvgIpc) is 2.75. The van der Waals surface area contributed by atoms with E-state index in [4.69, 9.17) is 0 Å². The Morgan fingerprint density at radius 2 is 1.50 bits per heavy atom. The standard InChI is InChI=1S/C26H33NS/c1-2-3-4-5-21-6-8-22(9-7-21)10-11-23-12-14-24(15-13-23)25-16-18-26(19-17-25)27-20-28/h6-9,16-19,23-24H,2-5,10-15H2,1H3. The van der Waals surface area contributed by atoms with E-state index in [0.717, 1.165) is 11.6 Å². The van der Waals surface area contributed by atoms with E-state index in [2.05, 4.69) is 77.8 Å². The Kier molecular flexibility index (Phi) is 8.45. The van der Waals surface area contributed by atoms with E-state index < -0.39 is 0 Å². The largest absolute Gasteiger partial charge is 0.195 e. The van der Waals surface area contributed by atoms with Crippen molar-refractivity contribution >= 4 is 23.1 Å². The highest BCUT2D eigenvalue weighted by molar-refractivity contribution is 7.78. The van der Waals surface area contributed by atoms with E-state index in [9.17, 15) is 0 Å². The van der Waals surface area contributed by atoms with Crippen LogP contribution in [0, 0.1) is 5.92 Å². The lowest BCUT2D eigenvalue weighted by Gasteiger charge is -2.29. The first-order valence-corrected chi connectivity index (χ1v) is 11.4. The minimum absolute atomic E-state index is 0.712. The van der Waals surface area contributed by atoms with Crippen molar-refractivity contribution in [3.8, 4) is 0 Å². The number of isothiocyanates is 1. The average molecular weight is 392 g/mol. The van der Waals surface area contributed by atoms with Gasteiger partial charge in [0.2, 0.25) is 0 Å². The summed E-state index contributed by atoms with van der Waals surface area (Å²) >= 11 is 4.68. The number of aliphatic imine (C=N–C) groups is 1. The van der Waals surface area contributed by atoms with Crippen molar-refractivity contribution in [2.24, 2.45) is 10.9 Å². The number of nitrogens with zero attached hydrogens (tertiary/aromatic N) is 1. The quantitative estimate of drug-likeness (QED) is 0.239. The van der Waals surface area contributed by atoms with Crippen molar-refractivity contribution in [1.82, 2.24) is 0 Å². The second-order valence-electron chi connectivity index (χ2n) is 8.32. The molecule has 0 aliphatic heterocycles. The van der Waals surface area contributed by atoms with E-state index in [1.807, 2.05) is 0 Å². The zero-order valence-electron chi connectivity index (χ0n) is 17.2. The Balaban J connectivity index is 1.41. The van der Waals surface area contributed by atoms with Gasteiger partial charge in [-0.1, -0.05) is 56.2 Å². The van der Waals surface area contributed by atoms with Crippen LogP contribution in [-0.2, 0) is 12.8 Å². The maximum absolute atomic E-state index is 4.68. The molecule has 0 radical (unpaired) electrons. The predicted molar refractivity (Wildman–Crippen MR) is 124 cm³/mol. The zero-order valence-corrected chi connectivity index (χ0v) is 18.0. The van der Waals surface area contributed by atoms with Crippen LogP contribution >= 0.6 is 12.2 Å². The minimum Gasteiger partial charge on any atom is -0.195 e. The number of aryl methyl sites for hydroxylation is 2. The fourth-order valence-corrected chi connectivity index (χ4v) is 4.59. The van der Waals surface area contributed by atoms with Crippen LogP contribution in [0.4, 0.5) is 5.69 Å². The predicted octanol–water partition coefficient (Wildman–Crippen LogP) is 8.06. The van der Waals surface area contributed by atoms with Gasteiger partial charge in [0.25, 0.3) is 0 Å². The van der Waals surface area contributed by atoms with E-state index >= 15 is 0 Å². The first-order valence-electron chi connectivity index (χ1n) is 11.0. The third kappa shape index (κ3) is 6.40. The first-order chi connectivity index (χ1) is 13.8. The summed E-state index contributed by atoms with van der Waals surface area (Å²) in [6.45, 7) is 2.27. The molecule has 0 saturated heterocycles. The third-order valence-corrected chi connectivity index (χ3v) is 6.41. The van der Waals surface area contributed by atoms with E-state index in [0.29, 0.717) is 5.92 Å². The summed E-state index contributed by atoms with van der Waals surface area (Å²) in [6, 6.07) is 18.0. The van der Waals surface area contributed by atoms with Crippen molar-refractivity contribution in [2.45, 2.75) is 77.0 Å². The van der Waals surface area contributed by atoms with Crippen molar-refractivity contribution in [3.63, 3.8) is 0 Å². The van der Waals surface area contributed by atoms with Crippen molar-refractivity contribution < 1.29 is 0 Å². The van der Waals surface area contributed by atoms with Gasteiger partial charge in [-0.2, -0.15) is 4.99 Å². The van der Waals surface area contributed by atoms with Crippen LogP contribution < -0.4 is 0 Å². The molecule has 1 aliphatic carbocycles. The molecular weight excluding hydrogens is 358 g/mol. The molecule has 1 aliphatic rings. The first kappa shape index (κ1) is 21.0. The topological polar surface area (TPSA) is 12.4 Å². The summed E-state index contributed by atoms with van der Waals surface area (Å²) in [4.78, 5) is 4.05. The van der Waals surface area contributed by atoms with Crippen molar-refractivity contribution in [2.75, 3.05) is 0 Å². The Hall–Kier alpha value is -1.76. The number of hydrogen-bond acceptors (Lipinski definition) is 2. The molecule has 0 N–H and O–H groups in total. The molecule has 2 aromatic carbocycles. The highest BCUT2D eigenvalue weighted by Gasteiger charge is 2.22. The number of benzene rings is 2. The fraction of sp³-hybridized carbons (Fsp3) is 0.500. The Labute approximate surface area is 176 Å². The third-order valence-electron chi connectivity index (χ3n) is 6.32. The summed E-state index contributed by atoms with van der Waals surface area (Å²) < 4.78 is 0. The van der Waals surface area contributed by atoms with Gasteiger partial charge in [-0.15, -0.1) is 0 Å². The molecule has 0 bridgehead atoms. The molecule has 2 heteroatoms. The monoisotopic (exact) mass is 391 g/mol. The van der Waals surface area contributed by atoms with Crippen molar-refractivity contribution in [1.29, 1.82) is 0 Å². The molecule has 1 saturated carbocycles. The minimum atomic E-state index is 0.712. The van der Waals surface area contributed by atoms with Gasteiger partial charge in [0.05, 0.1) is 10.8 Å². The van der Waals surface area contributed by atoms with Gasteiger partial charge >= 0.3 is 0 Å². The van der Waals surface area contributed by atoms with Crippen molar-refractivity contribution in [3.05, 3.63) is 65.2 Å². The Bertz CT molecular complexity index is 748. The summed E-state index contributed by atoms with van der Waals surface area (Å²) in [5, 5.41) is 2.44. The van der Waals surface area contributed by atoms with Gasteiger partial charge in [0, 0.05) is 0 Å². The van der Waals surface area contributed by atoms with Crippen LogP contribution in [0.1, 0.15) is 80.9 Å². The number of hydrogen-bond donors (Lipinski definition) is 0. The molecule has 1 fully saturated rings. The fourth-order valence-electron chi connectivity index (χ4n) is 4.48. The van der Waals surface area contributed by atoms with Crippen LogP contribution in [0.3, 0.4) is 0 Å². The van der Waals surface area contributed by atoms with Crippen LogP contribution in [0.2, 0.25) is 0 Å². The molecule has 0 heterocycles. The summed E-state index contributed by atoms with van der Waals surface area (Å²) in [5.41, 5.74) is 5.38. The summed E-state index contributed by atoms with van der Waals surface area (Å²) in [7, 11) is 0. The molecular formula is C26H33NS. The highest BCUT2D eigenvalue weighted by atomic mass is 32.1. The highest BCUT2D eigenvalue weighted by Crippen LogP contribution is 2.37. The molecule has 0 unspecified atom stereocenters. The normalized spacial score (nSPS) is 19.2. The van der Waals surface area contributed by atoms with Gasteiger partial charge in [-0.05, 0) is 104 Å². The molecule has 0 amide bonds. The second kappa shape index (κ2) is 11.3. The summed E-state index contributed by atoms with van der Waals surface area (Å²) in [6.07, 6.45) is 13.1.